The van der Waals surface area contributed by atoms with E-state index in [0.717, 1.165) is 44.9 Å². The summed E-state index contributed by atoms with van der Waals surface area (Å²) >= 11 is 1.55. The number of nitrogens with zero attached hydrogens (tertiary/aromatic N) is 1. The maximum atomic E-state index is 13.7. The lowest BCUT2D eigenvalue weighted by molar-refractivity contribution is -0.205. The fraction of sp³-hybridized carbons (Fsp3) is 0.848. The number of amides is 1. The van der Waals surface area contributed by atoms with Crippen LogP contribution in [0, 0.1) is 34.0 Å². The zero-order valence-electron chi connectivity index (χ0n) is 26.6. The van der Waals surface area contributed by atoms with Crippen LogP contribution in [0.15, 0.2) is 12.7 Å². The van der Waals surface area contributed by atoms with Crippen LogP contribution in [0.5, 0.6) is 0 Å². The molecule has 0 aromatic rings. The van der Waals surface area contributed by atoms with Gasteiger partial charge in [-0.1, -0.05) is 46.6 Å². The molecule has 4 aliphatic rings. The van der Waals surface area contributed by atoms with Crippen LogP contribution >= 0.6 is 11.8 Å². The van der Waals surface area contributed by atoms with Crippen LogP contribution < -0.4 is 11.5 Å². The van der Waals surface area contributed by atoms with Crippen LogP contribution in [0.4, 0.5) is 0 Å². The Morgan fingerprint density at radius 3 is 2.50 bits per heavy atom. The normalized spacial score (nSPS) is 43.4. The molecule has 42 heavy (non-hydrogen) atoms. The molecule has 5 N–H and O–H groups in total. The Morgan fingerprint density at radius 1 is 1.19 bits per heavy atom. The zero-order valence-corrected chi connectivity index (χ0v) is 27.5. The van der Waals surface area contributed by atoms with Gasteiger partial charge < -0.3 is 26.2 Å². The molecule has 4 aliphatic carbocycles. The van der Waals surface area contributed by atoms with Crippen molar-refractivity contribution in [2.45, 2.75) is 128 Å². The third-order valence-corrected chi connectivity index (χ3v) is 13.7. The maximum Gasteiger partial charge on any atom is 0.316 e. The topological polar surface area (TPSA) is 136 Å². The number of aliphatic hydroxyl groups is 1. The smallest absolute Gasteiger partial charge is 0.316 e. The zero-order chi connectivity index (χ0) is 31.2. The van der Waals surface area contributed by atoms with Crippen molar-refractivity contribution < 1.29 is 24.2 Å². The average molecular weight is 606 g/mol. The first-order valence-electron chi connectivity index (χ1n) is 16.1. The van der Waals surface area contributed by atoms with Crippen LogP contribution in [-0.4, -0.2) is 76.1 Å². The summed E-state index contributed by atoms with van der Waals surface area (Å²) in [7, 11) is 1.79. The third kappa shape index (κ3) is 5.61. The van der Waals surface area contributed by atoms with Gasteiger partial charge in [0.05, 0.1) is 17.9 Å². The summed E-state index contributed by atoms with van der Waals surface area (Å²) in [4.78, 5) is 42.0. The van der Waals surface area contributed by atoms with Crippen molar-refractivity contribution in [1.82, 2.24) is 4.90 Å². The summed E-state index contributed by atoms with van der Waals surface area (Å²) in [6.45, 7) is 14.3. The Bertz CT molecular complexity index is 1050. The number of aliphatic hydroxyl groups excluding tert-OH is 1. The van der Waals surface area contributed by atoms with E-state index in [0.29, 0.717) is 12.8 Å². The van der Waals surface area contributed by atoms with Gasteiger partial charge in [-0.25, -0.2) is 0 Å². The molecular formula is C33H55N3O5S. The lowest BCUT2D eigenvalue weighted by Crippen LogP contribution is -2.63. The number of thioether (sulfide) groups is 1. The van der Waals surface area contributed by atoms with E-state index in [1.54, 1.807) is 30.6 Å². The Kier molecular flexibility index (Phi) is 9.98. The molecule has 0 saturated heterocycles. The fourth-order valence-corrected chi connectivity index (χ4v) is 10.5. The minimum Gasteiger partial charge on any atom is -0.461 e. The lowest BCUT2D eigenvalue weighted by atomic mass is 9.44. The summed E-state index contributed by atoms with van der Waals surface area (Å²) in [5.74, 6) is -0.166. The summed E-state index contributed by atoms with van der Waals surface area (Å²) < 4.78 is 6.44. The molecule has 238 valence electrons. The molecule has 2 bridgehead atoms. The first kappa shape index (κ1) is 33.5. The van der Waals surface area contributed by atoms with Crippen molar-refractivity contribution in [3.05, 3.63) is 12.7 Å². The lowest BCUT2D eigenvalue weighted by Gasteiger charge is -2.61. The van der Waals surface area contributed by atoms with Crippen molar-refractivity contribution in [3.63, 3.8) is 0 Å². The van der Waals surface area contributed by atoms with Gasteiger partial charge in [0.1, 0.15) is 11.9 Å². The number of hydrogen-bond acceptors (Lipinski definition) is 8. The number of ether oxygens (including phenoxy) is 1. The van der Waals surface area contributed by atoms with Gasteiger partial charge in [-0.15, -0.1) is 18.3 Å². The number of ketones is 1. The quantitative estimate of drug-likeness (QED) is 0.278. The van der Waals surface area contributed by atoms with Gasteiger partial charge in [0, 0.05) is 47.6 Å². The van der Waals surface area contributed by atoms with E-state index < -0.39 is 35.1 Å². The van der Waals surface area contributed by atoms with Crippen LogP contribution in [0.2, 0.25) is 0 Å². The second-order valence-corrected chi connectivity index (χ2v) is 15.8. The second-order valence-electron chi connectivity index (χ2n) is 14.6. The van der Waals surface area contributed by atoms with E-state index in [9.17, 15) is 19.5 Å². The van der Waals surface area contributed by atoms with E-state index in [-0.39, 0.29) is 57.9 Å². The molecule has 0 spiro atoms. The van der Waals surface area contributed by atoms with Gasteiger partial charge in [-0.3, -0.25) is 14.4 Å². The number of carbonyl (C=O) groups excluding carboxylic acids is 3. The minimum absolute atomic E-state index is 0.0245. The van der Waals surface area contributed by atoms with Gasteiger partial charge in [0.2, 0.25) is 5.91 Å². The van der Waals surface area contributed by atoms with Gasteiger partial charge >= 0.3 is 5.97 Å². The number of likely N-dealkylation sites (N-methyl/N-ethyl adjacent to an activating group) is 1. The molecule has 1 amide bonds. The fourth-order valence-electron chi connectivity index (χ4n) is 9.21. The minimum atomic E-state index is -0.757. The largest absolute Gasteiger partial charge is 0.461 e. The highest BCUT2D eigenvalue weighted by Gasteiger charge is 2.68. The average Bonchev–Trinajstić information content (AvgIpc) is 3.33. The van der Waals surface area contributed by atoms with E-state index in [2.05, 4.69) is 27.4 Å². The number of rotatable bonds is 8. The molecule has 4 saturated carbocycles. The Labute approximate surface area is 257 Å². The highest BCUT2D eigenvalue weighted by Crippen LogP contribution is 2.68. The second kappa shape index (κ2) is 12.5. The van der Waals surface area contributed by atoms with Gasteiger partial charge in [0.15, 0.2) is 0 Å². The van der Waals surface area contributed by atoms with Crippen LogP contribution in [-0.2, 0) is 19.1 Å². The van der Waals surface area contributed by atoms with Crippen molar-refractivity contribution in [3.8, 4) is 0 Å². The summed E-state index contributed by atoms with van der Waals surface area (Å²) in [6.07, 6.45) is 8.03. The first-order valence-corrected chi connectivity index (χ1v) is 17.1. The molecule has 8 nitrogen and oxygen atoms in total. The van der Waals surface area contributed by atoms with Crippen LogP contribution in [0.25, 0.3) is 0 Å². The number of nitrogens with two attached hydrogens (primary N) is 2. The van der Waals surface area contributed by atoms with Crippen molar-refractivity contribution in [2.24, 2.45) is 45.5 Å². The third-order valence-electron chi connectivity index (χ3n) is 12.4. The van der Waals surface area contributed by atoms with E-state index in [4.69, 9.17) is 16.2 Å². The molecule has 0 heterocycles. The molecule has 12 atom stereocenters. The summed E-state index contributed by atoms with van der Waals surface area (Å²) in [5, 5.41) is 11.8. The Morgan fingerprint density at radius 2 is 1.86 bits per heavy atom. The van der Waals surface area contributed by atoms with E-state index in [1.165, 1.54) is 0 Å². The highest BCUT2D eigenvalue weighted by atomic mass is 32.2. The molecule has 0 aromatic carbocycles. The Hall–Kier alpha value is -1.42. The molecular weight excluding hydrogens is 550 g/mol. The number of Topliss-reactive ketones (excluding diaryl/α,β-unsaturated/α-hetero) is 1. The molecule has 4 rings (SSSR count). The van der Waals surface area contributed by atoms with Gasteiger partial charge in [0.25, 0.3) is 0 Å². The van der Waals surface area contributed by atoms with Crippen molar-refractivity contribution in [2.75, 3.05) is 12.8 Å². The molecule has 9 heteroatoms. The first-order chi connectivity index (χ1) is 19.6. The number of carbonyl (C=O) groups is 3. The molecule has 4 fully saturated rings. The van der Waals surface area contributed by atoms with Crippen LogP contribution in [0.1, 0.15) is 92.4 Å². The number of esters is 1. The number of hydrogen-bond donors (Lipinski definition) is 3. The van der Waals surface area contributed by atoms with Crippen molar-refractivity contribution in [1.29, 1.82) is 0 Å². The van der Waals surface area contributed by atoms with Gasteiger partial charge in [-0.2, -0.15) is 0 Å². The molecule has 0 radical (unpaired) electrons. The molecule has 0 aliphatic heterocycles. The SMILES string of the molecule is C=C[C@]1(C)C[C@@H](OC(=O)CSC2CCCCC2N(C)C(=O)C(N)C(C)N)[C@@]2(C)C3C(=O)CC[C@@]3(CC[C@H]2C)[C@@H](C)[C@@H]1O. The molecule has 5 unspecified atom stereocenters. The Balaban J connectivity index is 1.56. The van der Waals surface area contributed by atoms with Gasteiger partial charge in [-0.05, 0) is 62.7 Å². The van der Waals surface area contributed by atoms with E-state index >= 15 is 0 Å². The molecule has 0 aromatic heterocycles. The summed E-state index contributed by atoms with van der Waals surface area (Å²) in [5.41, 5.74) is 10.5. The van der Waals surface area contributed by atoms with Crippen LogP contribution in [0.3, 0.4) is 0 Å². The monoisotopic (exact) mass is 605 g/mol. The maximum absolute atomic E-state index is 13.7. The van der Waals surface area contributed by atoms with Crippen molar-refractivity contribution >= 4 is 29.4 Å². The predicted molar refractivity (Wildman–Crippen MR) is 168 cm³/mol. The highest BCUT2D eigenvalue weighted by molar-refractivity contribution is 8.00. The predicted octanol–water partition coefficient (Wildman–Crippen LogP) is 4.07. The summed E-state index contributed by atoms with van der Waals surface area (Å²) in [6, 6.07) is -1.22. The standard InChI is InChI=1S/C33H55N3O5S/c1-8-31(5)17-25(32(6)19(2)13-15-33(20(3)29(31)39)16-14-23(37)28(32)33)41-26(38)18-42-24-12-10-9-11-22(24)36(7)30(40)27(35)21(4)34/h8,19-22,24-25,27-29,39H,1,9-18,34-35H2,2-7H3/t19-,20+,21?,22?,24?,25-,27?,28?,29+,31-,32+,33+/m1/s1. The van der Waals surface area contributed by atoms with E-state index in [1.807, 2.05) is 13.0 Å².